The summed E-state index contributed by atoms with van der Waals surface area (Å²) in [6.45, 7) is 0.519. The smallest absolute Gasteiger partial charge is 0.146 e. The molecule has 0 radical (unpaired) electrons. The monoisotopic (exact) mass is 697 g/mol. The molecular formula is C47H35N7. The van der Waals surface area contributed by atoms with Crippen molar-refractivity contribution in [3.05, 3.63) is 193 Å². The van der Waals surface area contributed by atoms with Gasteiger partial charge >= 0.3 is 0 Å². The summed E-state index contributed by atoms with van der Waals surface area (Å²) in [6, 6.07) is 54.1. The van der Waals surface area contributed by atoms with Crippen LogP contribution in [0.3, 0.4) is 0 Å². The summed E-state index contributed by atoms with van der Waals surface area (Å²) in [7, 11) is 1.79. The molecule has 3 aromatic heterocycles. The van der Waals surface area contributed by atoms with Crippen LogP contribution in [0.1, 0.15) is 16.7 Å². The molecule has 7 nitrogen and oxygen atoms in total. The zero-order chi connectivity index (χ0) is 36.3. The maximum absolute atomic E-state index is 5.31. The third-order valence-electron chi connectivity index (χ3n) is 9.71. The molecule has 258 valence electrons. The van der Waals surface area contributed by atoms with Gasteiger partial charge in [0.15, 0.2) is 0 Å². The summed E-state index contributed by atoms with van der Waals surface area (Å²) in [5, 5.41) is 7.93. The lowest BCUT2D eigenvalue weighted by Crippen LogP contribution is -2.32. The second-order valence-electron chi connectivity index (χ2n) is 13.0. The van der Waals surface area contributed by atoms with Gasteiger partial charge < -0.3 is 5.32 Å². The highest BCUT2D eigenvalue weighted by Crippen LogP contribution is 2.38. The van der Waals surface area contributed by atoms with E-state index in [-0.39, 0.29) is 0 Å². The number of nitrogens with zero attached hydrogens (tertiary/aromatic N) is 6. The number of benzene rings is 6. The Hall–Kier alpha value is -7.25. The number of pyridine rings is 2. The molecule has 7 heteroatoms. The van der Waals surface area contributed by atoms with Gasteiger partial charge in [0, 0.05) is 53.1 Å². The third kappa shape index (κ3) is 6.18. The lowest BCUT2D eigenvalue weighted by atomic mass is 10.0. The first-order chi connectivity index (χ1) is 26.7. The van der Waals surface area contributed by atoms with Crippen molar-refractivity contribution >= 4 is 44.2 Å². The SMILES string of the molecule is CN=C(NC(=NCc1ccc(-c2ccc(-c3nc4c5cnccc5c5ccccc5c4n3-c3ccccn3)cc2)cc1)c1ccccc1)c1ccccc1. The van der Waals surface area contributed by atoms with E-state index >= 15 is 0 Å². The Morgan fingerprint density at radius 1 is 0.574 bits per heavy atom. The fourth-order valence-electron chi connectivity index (χ4n) is 7.05. The summed E-state index contributed by atoms with van der Waals surface area (Å²) in [6.07, 6.45) is 5.59. The normalized spacial score (nSPS) is 12.1. The second-order valence-corrected chi connectivity index (χ2v) is 13.0. The van der Waals surface area contributed by atoms with Crippen LogP contribution in [0.15, 0.2) is 186 Å². The lowest BCUT2D eigenvalue weighted by molar-refractivity contribution is 1.03. The van der Waals surface area contributed by atoms with Gasteiger partial charge in [0.1, 0.15) is 23.3 Å². The number of nitrogens with one attached hydrogen (secondary N) is 1. The van der Waals surface area contributed by atoms with Crippen LogP contribution < -0.4 is 5.32 Å². The number of hydrogen-bond donors (Lipinski definition) is 1. The lowest BCUT2D eigenvalue weighted by Gasteiger charge is -2.13. The molecule has 6 aromatic carbocycles. The molecule has 0 bridgehead atoms. The van der Waals surface area contributed by atoms with Crippen molar-refractivity contribution in [3.63, 3.8) is 0 Å². The summed E-state index contributed by atoms with van der Waals surface area (Å²) in [5.74, 6) is 3.19. The van der Waals surface area contributed by atoms with Crippen LogP contribution in [0.25, 0.3) is 60.9 Å². The summed E-state index contributed by atoms with van der Waals surface area (Å²) in [5.41, 5.74) is 8.29. The van der Waals surface area contributed by atoms with Crippen molar-refractivity contribution in [1.82, 2.24) is 24.8 Å². The zero-order valence-electron chi connectivity index (χ0n) is 29.6. The van der Waals surface area contributed by atoms with Crippen LogP contribution in [0, 0.1) is 0 Å². The molecular weight excluding hydrogens is 663 g/mol. The van der Waals surface area contributed by atoms with E-state index in [1.165, 1.54) is 0 Å². The number of hydrogen-bond acceptors (Lipinski definition) is 5. The van der Waals surface area contributed by atoms with Gasteiger partial charge in [-0.25, -0.2) is 9.97 Å². The molecule has 0 aliphatic rings. The van der Waals surface area contributed by atoms with Crippen molar-refractivity contribution in [3.8, 4) is 28.3 Å². The first-order valence-electron chi connectivity index (χ1n) is 17.9. The van der Waals surface area contributed by atoms with Gasteiger partial charge in [-0.15, -0.1) is 0 Å². The van der Waals surface area contributed by atoms with Gasteiger partial charge in [0.2, 0.25) is 0 Å². The minimum atomic E-state index is 0.519. The maximum atomic E-state index is 5.31. The molecule has 9 rings (SSSR count). The van der Waals surface area contributed by atoms with Crippen molar-refractivity contribution < 1.29 is 0 Å². The summed E-state index contributed by atoms with van der Waals surface area (Å²) >= 11 is 0. The molecule has 0 amide bonds. The average molecular weight is 698 g/mol. The zero-order valence-corrected chi connectivity index (χ0v) is 29.6. The van der Waals surface area contributed by atoms with E-state index in [4.69, 9.17) is 15.0 Å². The Bertz CT molecular complexity index is 2790. The van der Waals surface area contributed by atoms with Crippen LogP contribution in [0.4, 0.5) is 0 Å². The van der Waals surface area contributed by atoms with Crippen LogP contribution in [0.5, 0.6) is 0 Å². The molecule has 0 spiro atoms. The van der Waals surface area contributed by atoms with E-state index < -0.39 is 0 Å². The third-order valence-corrected chi connectivity index (χ3v) is 9.71. The number of amidine groups is 2. The van der Waals surface area contributed by atoms with E-state index in [9.17, 15) is 0 Å². The van der Waals surface area contributed by atoms with Gasteiger partial charge in [0.05, 0.1) is 17.6 Å². The Balaban J connectivity index is 1.04. The molecule has 9 aromatic rings. The predicted octanol–water partition coefficient (Wildman–Crippen LogP) is 10.1. The van der Waals surface area contributed by atoms with Crippen LogP contribution >= 0.6 is 0 Å². The summed E-state index contributed by atoms with van der Waals surface area (Å²) in [4.78, 5) is 24.1. The van der Waals surface area contributed by atoms with Crippen molar-refractivity contribution in [2.45, 2.75) is 6.54 Å². The van der Waals surface area contributed by atoms with Gasteiger partial charge in [-0.3, -0.25) is 19.5 Å². The van der Waals surface area contributed by atoms with Crippen LogP contribution in [0.2, 0.25) is 0 Å². The highest BCUT2D eigenvalue weighted by Gasteiger charge is 2.21. The first-order valence-corrected chi connectivity index (χ1v) is 17.9. The number of rotatable bonds is 7. The molecule has 0 saturated heterocycles. The fraction of sp³-hybridized carbons (Fsp3) is 0.0426. The quantitative estimate of drug-likeness (QED) is 0.102. The largest absolute Gasteiger partial charge is 0.325 e. The second kappa shape index (κ2) is 14.4. The molecule has 3 heterocycles. The number of imidazole rings is 1. The molecule has 54 heavy (non-hydrogen) atoms. The number of aliphatic imine (C=N–C) groups is 2. The highest BCUT2D eigenvalue weighted by atomic mass is 15.1. The van der Waals surface area contributed by atoms with E-state index in [1.807, 2.05) is 85.3 Å². The van der Waals surface area contributed by atoms with E-state index in [1.54, 1.807) is 7.05 Å². The molecule has 0 aliphatic carbocycles. The van der Waals surface area contributed by atoms with Crippen LogP contribution in [-0.2, 0) is 6.54 Å². The van der Waals surface area contributed by atoms with Gasteiger partial charge in [0.25, 0.3) is 0 Å². The van der Waals surface area contributed by atoms with Crippen molar-refractivity contribution in [2.75, 3.05) is 7.05 Å². The molecule has 0 saturated carbocycles. The van der Waals surface area contributed by atoms with Crippen LogP contribution in [-0.4, -0.2) is 38.2 Å². The minimum Gasteiger partial charge on any atom is -0.325 e. The molecule has 0 atom stereocenters. The van der Waals surface area contributed by atoms with Crippen molar-refractivity contribution in [1.29, 1.82) is 0 Å². The first kappa shape index (κ1) is 32.6. The minimum absolute atomic E-state index is 0.519. The molecule has 1 N–H and O–H groups in total. The standard InChI is InChI=1S/C47H35N7/c1-48-45(35-12-4-2-5-13-35)53-46(36-14-6-3-7-15-36)51-30-32-19-21-33(22-20-32)34-23-25-37(26-24-34)47-52-43-41-31-49-29-27-39(41)38-16-8-9-17-40(38)44(43)54(47)42-18-10-11-28-50-42/h2-29,31H,30H2,1H3,(H,48,51,53). The Labute approximate surface area is 313 Å². The number of fused-ring (bicyclic) bond motifs is 6. The molecule has 0 unspecified atom stereocenters. The predicted molar refractivity (Wildman–Crippen MR) is 221 cm³/mol. The van der Waals surface area contributed by atoms with Gasteiger partial charge in [-0.05, 0) is 45.7 Å². The molecule has 0 fully saturated rings. The Morgan fingerprint density at radius 2 is 1.19 bits per heavy atom. The van der Waals surface area contributed by atoms with Gasteiger partial charge in [-0.1, -0.05) is 140 Å². The topological polar surface area (TPSA) is 80.4 Å². The maximum Gasteiger partial charge on any atom is 0.146 e. The Kier molecular flexibility index (Phi) is 8.71. The molecule has 0 aliphatic heterocycles. The summed E-state index contributed by atoms with van der Waals surface area (Å²) < 4.78 is 2.18. The van der Waals surface area contributed by atoms with Crippen molar-refractivity contribution in [2.24, 2.45) is 9.98 Å². The highest BCUT2D eigenvalue weighted by molar-refractivity contribution is 6.24. The van der Waals surface area contributed by atoms with E-state index in [2.05, 4.69) is 111 Å². The van der Waals surface area contributed by atoms with E-state index in [0.29, 0.717) is 6.54 Å². The number of aromatic nitrogens is 4. The fourth-order valence-corrected chi connectivity index (χ4v) is 7.05. The average Bonchev–Trinajstić information content (AvgIpc) is 3.66. The van der Waals surface area contributed by atoms with Gasteiger partial charge in [-0.2, -0.15) is 0 Å². The Morgan fingerprint density at radius 3 is 1.87 bits per heavy atom. The van der Waals surface area contributed by atoms with E-state index in [0.717, 1.165) is 89.3 Å².